The lowest BCUT2D eigenvalue weighted by Crippen LogP contribution is -2.12. The molecule has 0 atom stereocenters. The number of hydrogen-bond donors (Lipinski definition) is 3. The molecule has 0 saturated carbocycles. The number of amides is 1. The summed E-state index contributed by atoms with van der Waals surface area (Å²) in [6.45, 7) is 0. The minimum absolute atomic E-state index is 0.140. The summed E-state index contributed by atoms with van der Waals surface area (Å²) in [6.07, 6.45) is 0. The third-order valence-corrected chi connectivity index (χ3v) is 2.96. The standard InChI is InChI=1S/C14H9F2N3O2/c15-9-3-2-8(6-10(9)16)17-13(20)7-1-4-11-12(5-7)19-14(21)18-11/h1-6H,(H,17,20)(H2,18,19,21). The van der Waals surface area contributed by atoms with Crippen LogP contribution in [0.1, 0.15) is 10.4 Å². The molecule has 5 nitrogen and oxygen atoms in total. The highest BCUT2D eigenvalue weighted by molar-refractivity contribution is 6.05. The van der Waals surface area contributed by atoms with E-state index in [0.29, 0.717) is 11.0 Å². The first-order chi connectivity index (χ1) is 10.0. The van der Waals surface area contributed by atoms with Crippen molar-refractivity contribution < 1.29 is 13.6 Å². The number of nitrogens with one attached hydrogen (secondary N) is 3. The molecular formula is C14H9F2N3O2. The van der Waals surface area contributed by atoms with Crippen LogP contribution >= 0.6 is 0 Å². The second-order valence-corrected chi connectivity index (χ2v) is 4.42. The van der Waals surface area contributed by atoms with Crippen LogP contribution in [-0.2, 0) is 0 Å². The molecule has 3 rings (SSSR count). The van der Waals surface area contributed by atoms with E-state index < -0.39 is 17.5 Å². The fraction of sp³-hybridized carbons (Fsp3) is 0. The van der Waals surface area contributed by atoms with Gasteiger partial charge in [-0.25, -0.2) is 13.6 Å². The van der Waals surface area contributed by atoms with Gasteiger partial charge in [-0.15, -0.1) is 0 Å². The van der Waals surface area contributed by atoms with E-state index in [1.807, 2.05) is 0 Å². The molecule has 1 amide bonds. The predicted molar refractivity (Wildman–Crippen MR) is 73.2 cm³/mol. The SMILES string of the molecule is O=C(Nc1ccc(F)c(F)c1)c1ccc2[nH]c(=O)[nH]c2c1. The fourth-order valence-electron chi connectivity index (χ4n) is 1.95. The van der Waals surface area contributed by atoms with Gasteiger partial charge in [-0.3, -0.25) is 4.79 Å². The minimum atomic E-state index is -1.04. The number of anilines is 1. The average Bonchev–Trinajstić information content (AvgIpc) is 2.82. The zero-order valence-corrected chi connectivity index (χ0v) is 10.5. The van der Waals surface area contributed by atoms with Crippen molar-refractivity contribution in [1.29, 1.82) is 0 Å². The van der Waals surface area contributed by atoms with Crippen LogP contribution in [0.3, 0.4) is 0 Å². The number of fused-ring (bicyclic) bond motifs is 1. The van der Waals surface area contributed by atoms with E-state index in [9.17, 15) is 18.4 Å². The van der Waals surface area contributed by atoms with Crippen LogP contribution < -0.4 is 11.0 Å². The lowest BCUT2D eigenvalue weighted by molar-refractivity contribution is 0.102. The summed E-state index contributed by atoms with van der Waals surface area (Å²) >= 11 is 0. The van der Waals surface area contributed by atoms with Crippen LogP contribution in [0.25, 0.3) is 11.0 Å². The maximum absolute atomic E-state index is 13.1. The van der Waals surface area contributed by atoms with Gasteiger partial charge in [0.1, 0.15) is 0 Å². The van der Waals surface area contributed by atoms with Gasteiger partial charge in [-0.05, 0) is 30.3 Å². The number of imidazole rings is 1. The Balaban J connectivity index is 1.89. The third kappa shape index (κ3) is 2.53. The Morgan fingerprint density at radius 3 is 2.48 bits per heavy atom. The number of benzene rings is 2. The van der Waals surface area contributed by atoms with Crippen LogP contribution in [-0.4, -0.2) is 15.9 Å². The molecule has 1 heterocycles. The van der Waals surface area contributed by atoms with E-state index in [-0.39, 0.29) is 16.9 Å². The van der Waals surface area contributed by atoms with Gasteiger partial charge >= 0.3 is 5.69 Å². The number of H-pyrrole nitrogens is 2. The summed E-state index contributed by atoms with van der Waals surface area (Å²) < 4.78 is 25.9. The van der Waals surface area contributed by atoms with E-state index >= 15 is 0 Å². The van der Waals surface area contributed by atoms with Gasteiger partial charge < -0.3 is 15.3 Å². The molecule has 0 saturated heterocycles. The first-order valence-corrected chi connectivity index (χ1v) is 6.01. The van der Waals surface area contributed by atoms with Gasteiger partial charge in [0.05, 0.1) is 11.0 Å². The van der Waals surface area contributed by atoms with Crippen molar-refractivity contribution in [3.63, 3.8) is 0 Å². The van der Waals surface area contributed by atoms with Gasteiger partial charge in [0, 0.05) is 17.3 Å². The van der Waals surface area contributed by atoms with Crippen molar-refractivity contribution in [2.75, 3.05) is 5.32 Å². The van der Waals surface area contributed by atoms with Crippen molar-refractivity contribution in [2.45, 2.75) is 0 Å². The number of halogens is 2. The summed E-state index contributed by atoms with van der Waals surface area (Å²) in [5, 5.41) is 2.45. The highest BCUT2D eigenvalue weighted by Crippen LogP contribution is 2.16. The number of carbonyl (C=O) groups is 1. The highest BCUT2D eigenvalue weighted by atomic mass is 19.2. The molecule has 106 valence electrons. The lowest BCUT2D eigenvalue weighted by Gasteiger charge is -2.05. The molecule has 3 aromatic rings. The molecule has 21 heavy (non-hydrogen) atoms. The molecular weight excluding hydrogens is 280 g/mol. The molecule has 7 heteroatoms. The van der Waals surface area contributed by atoms with Crippen molar-refractivity contribution in [3.05, 3.63) is 64.1 Å². The maximum Gasteiger partial charge on any atom is 0.323 e. The first kappa shape index (κ1) is 13.0. The Morgan fingerprint density at radius 2 is 1.71 bits per heavy atom. The maximum atomic E-state index is 13.1. The van der Waals surface area contributed by atoms with Crippen LogP contribution in [0.4, 0.5) is 14.5 Å². The molecule has 0 radical (unpaired) electrons. The zero-order valence-electron chi connectivity index (χ0n) is 10.5. The summed E-state index contributed by atoms with van der Waals surface area (Å²) in [5.74, 6) is -2.53. The first-order valence-electron chi connectivity index (χ1n) is 6.01. The monoisotopic (exact) mass is 289 g/mol. The molecule has 2 aromatic carbocycles. The molecule has 3 N–H and O–H groups in total. The Morgan fingerprint density at radius 1 is 0.952 bits per heavy atom. The number of carbonyl (C=O) groups excluding carboxylic acids is 1. The molecule has 0 bridgehead atoms. The average molecular weight is 289 g/mol. The summed E-state index contributed by atoms with van der Waals surface area (Å²) in [4.78, 5) is 28.3. The third-order valence-electron chi connectivity index (χ3n) is 2.96. The summed E-state index contributed by atoms with van der Waals surface area (Å²) in [5.41, 5.74) is 1.11. The number of rotatable bonds is 2. The van der Waals surface area contributed by atoms with Gasteiger partial charge in [0.15, 0.2) is 11.6 Å². The number of aromatic amines is 2. The Labute approximate surface area is 116 Å². The van der Waals surface area contributed by atoms with Crippen molar-refractivity contribution >= 4 is 22.6 Å². The minimum Gasteiger partial charge on any atom is -0.322 e. The van der Waals surface area contributed by atoms with Crippen LogP contribution in [0.15, 0.2) is 41.2 Å². The van der Waals surface area contributed by atoms with Gasteiger partial charge in [0.2, 0.25) is 0 Å². The number of hydrogen-bond acceptors (Lipinski definition) is 2. The van der Waals surface area contributed by atoms with Gasteiger partial charge in [-0.1, -0.05) is 0 Å². The molecule has 0 unspecified atom stereocenters. The zero-order chi connectivity index (χ0) is 15.0. The Bertz CT molecular complexity index is 899. The number of aromatic nitrogens is 2. The van der Waals surface area contributed by atoms with Gasteiger partial charge in [-0.2, -0.15) is 0 Å². The molecule has 0 fully saturated rings. The van der Waals surface area contributed by atoms with Crippen molar-refractivity contribution in [1.82, 2.24) is 9.97 Å². The Hall–Kier alpha value is -2.96. The van der Waals surface area contributed by atoms with Crippen molar-refractivity contribution in [3.8, 4) is 0 Å². The van der Waals surface area contributed by atoms with Crippen molar-refractivity contribution in [2.24, 2.45) is 0 Å². The Kier molecular flexibility index (Phi) is 3.02. The lowest BCUT2D eigenvalue weighted by atomic mass is 10.2. The second-order valence-electron chi connectivity index (χ2n) is 4.42. The van der Waals surface area contributed by atoms with E-state index in [2.05, 4.69) is 15.3 Å². The van der Waals surface area contributed by atoms with E-state index in [4.69, 9.17) is 0 Å². The smallest absolute Gasteiger partial charge is 0.322 e. The van der Waals surface area contributed by atoms with E-state index in [1.165, 1.54) is 18.2 Å². The summed E-state index contributed by atoms with van der Waals surface area (Å²) in [7, 11) is 0. The molecule has 0 aliphatic rings. The van der Waals surface area contributed by atoms with E-state index in [0.717, 1.165) is 12.1 Å². The molecule has 0 aliphatic carbocycles. The normalized spacial score (nSPS) is 10.8. The second kappa shape index (κ2) is 4.86. The quantitative estimate of drug-likeness (QED) is 0.677. The van der Waals surface area contributed by atoms with Crippen LogP contribution in [0.2, 0.25) is 0 Å². The molecule has 0 aliphatic heterocycles. The topological polar surface area (TPSA) is 77.8 Å². The summed E-state index contributed by atoms with van der Waals surface area (Å²) in [6, 6.07) is 7.66. The molecule has 1 aromatic heterocycles. The van der Waals surface area contributed by atoms with Crippen LogP contribution in [0.5, 0.6) is 0 Å². The van der Waals surface area contributed by atoms with Crippen LogP contribution in [0, 0.1) is 11.6 Å². The highest BCUT2D eigenvalue weighted by Gasteiger charge is 2.10. The van der Waals surface area contributed by atoms with E-state index in [1.54, 1.807) is 6.07 Å². The molecule has 0 spiro atoms. The fourth-order valence-corrected chi connectivity index (χ4v) is 1.95. The van der Waals surface area contributed by atoms with Gasteiger partial charge in [0.25, 0.3) is 5.91 Å². The largest absolute Gasteiger partial charge is 0.323 e. The predicted octanol–water partition coefficient (Wildman–Crippen LogP) is 2.39.